The monoisotopic (exact) mass is 166 g/mol. The van der Waals surface area contributed by atoms with Crippen molar-refractivity contribution in [3.8, 4) is 0 Å². The predicted molar refractivity (Wildman–Crippen MR) is 45.5 cm³/mol. The van der Waals surface area contributed by atoms with Gasteiger partial charge in [0.1, 0.15) is 12.2 Å². The molecule has 0 bridgehead atoms. The van der Waals surface area contributed by atoms with Crippen molar-refractivity contribution in [3.63, 3.8) is 0 Å². The zero-order chi connectivity index (χ0) is 8.55. The van der Waals surface area contributed by atoms with Crippen LogP contribution in [0, 0.1) is 5.92 Å². The van der Waals surface area contributed by atoms with Crippen LogP contribution in [0.4, 0.5) is 0 Å². The van der Waals surface area contributed by atoms with Gasteiger partial charge in [-0.3, -0.25) is 0 Å². The lowest BCUT2D eigenvalue weighted by Crippen LogP contribution is -2.32. The summed E-state index contributed by atoms with van der Waals surface area (Å²) in [6, 6.07) is 0. The second-order valence-electron chi connectivity index (χ2n) is 3.48. The topological polar surface area (TPSA) is 56.7 Å². The first kappa shape index (κ1) is 7.73. The third kappa shape index (κ3) is 1.03. The number of nitrogens with zero attached hydrogens (tertiary/aromatic N) is 3. The van der Waals surface area contributed by atoms with Crippen molar-refractivity contribution in [2.45, 2.75) is 18.8 Å². The summed E-state index contributed by atoms with van der Waals surface area (Å²) < 4.78 is 1.99. The Morgan fingerprint density at radius 3 is 2.92 bits per heavy atom. The summed E-state index contributed by atoms with van der Waals surface area (Å²) in [5, 5.41) is 7.96. The standard InChI is InChI=1S/C8H14N4/c1-12-5-10-11-8(12)7-3-2-6(7)4-9/h5-7H,2-4,9H2,1H3. The van der Waals surface area contributed by atoms with Crippen LogP contribution in [0.3, 0.4) is 0 Å². The molecule has 4 heteroatoms. The summed E-state index contributed by atoms with van der Waals surface area (Å²) in [7, 11) is 1.99. The van der Waals surface area contributed by atoms with Crippen molar-refractivity contribution in [2.24, 2.45) is 18.7 Å². The SMILES string of the molecule is Cn1cnnc1C1CCC1CN. The van der Waals surface area contributed by atoms with Crippen LogP contribution in [-0.4, -0.2) is 21.3 Å². The predicted octanol–water partition coefficient (Wildman–Crippen LogP) is 0.267. The second-order valence-corrected chi connectivity index (χ2v) is 3.48. The third-order valence-corrected chi connectivity index (χ3v) is 2.80. The molecule has 12 heavy (non-hydrogen) atoms. The van der Waals surface area contributed by atoms with Crippen molar-refractivity contribution in [1.29, 1.82) is 0 Å². The van der Waals surface area contributed by atoms with E-state index in [2.05, 4.69) is 10.2 Å². The van der Waals surface area contributed by atoms with Crippen LogP contribution in [0.1, 0.15) is 24.6 Å². The maximum Gasteiger partial charge on any atom is 0.135 e. The van der Waals surface area contributed by atoms with E-state index in [0.717, 1.165) is 12.4 Å². The van der Waals surface area contributed by atoms with Gasteiger partial charge in [-0.1, -0.05) is 0 Å². The van der Waals surface area contributed by atoms with Gasteiger partial charge in [-0.05, 0) is 25.3 Å². The van der Waals surface area contributed by atoms with E-state index in [1.54, 1.807) is 6.33 Å². The molecule has 4 nitrogen and oxygen atoms in total. The highest BCUT2D eigenvalue weighted by Gasteiger charge is 2.33. The van der Waals surface area contributed by atoms with E-state index in [0.29, 0.717) is 11.8 Å². The summed E-state index contributed by atoms with van der Waals surface area (Å²) in [6.45, 7) is 0.775. The number of hydrogen-bond donors (Lipinski definition) is 1. The van der Waals surface area contributed by atoms with Gasteiger partial charge in [0.15, 0.2) is 0 Å². The molecule has 0 amide bonds. The Balaban J connectivity index is 2.15. The molecule has 1 aliphatic carbocycles. The molecule has 2 atom stereocenters. The molecule has 2 rings (SSSR count). The third-order valence-electron chi connectivity index (χ3n) is 2.80. The minimum Gasteiger partial charge on any atom is -0.330 e. The molecule has 1 aromatic rings. The Morgan fingerprint density at radius 2 is 2.50 bits per heavy atom. The molecule has 0 aliphatic heterocycles. The van der Waals surface area contributed by atoms with Crippen molar-refractivity contribution in [1.82, 2.24) is 14.8 Å². The van der Waals surface area contributed by atoms with Crippen LogP contribution in [0.5, 0.6) is 0 Å². The van der Waals surface area contributed by atoms with E-state index in [1.807, 2.05) is 11.6 Å². The number of aromatic nitrogens is 3. The molecule has 0 aromatic carbocycles. The molecule has 66 valence electrons. The number of aryl methyl sites for hydroxylation is 1. The summed E-state index contributed by atoms with van der Waals surface area (Å²) >= 11 is 0. The molecule has 1 fully saturated rings. The number of rotatable bonds is 2. The smallest absolute Gasteiger partial charge is 0.135 e. The Kier molecular flexibility index (Phi) is 1.84. The largest absolute Gasteiger partial charge is 0.330 e. The van der Waals surface area contributed by atoms with Gasteiger partial charge in [0.05, 0.1) is 0 Å². The molecular formula is C8H14N4. The molecule has 0 spiro atoms. The van der Waals surface area contributed by atoms with E-state index in [9.17, 15) is 0 Å². The average molecular weight is 166 g/mol. The van der Waals surface area contributed by atoms with E-state index < -0.39 is 0 Å². The lowest BCUT2D eigenvalue weighted by Gasteiger charge is -2.34. The van der Waals surface area contributed by atoms with Gasteiger partial charge >= 0.3 is 0 Å². The lowest BCUT2D eigenvalue weighted by atomic mass is 9.73. The lowest BCUT2D eigenvalue weighted by molar-refractivity contribution is 0.248. The Labute approximate surface area is 71.8 Å². The van der Waals surface area contributed by atoms with Crippen molar-refractivity contribution in [2.75, 3.05) is 6.54 Å². The Hall–Kier alpha value is -0.900. The van der Waals surface area contributed by atoms with Crippen LogP contribution in [-0.2, 0) is 7.05 Å². The van der Waals surface area contributed by atoms with Crippen LogP contribution in [0.2, 0.25) is 0 Å². The molecule has 1 heterocycles. The van der Waals surface area contributed by atoms with Crippen molar-refractivity contribution in [3.05, 3.63) is 12.2 Å². The fraction of sp³-hybridized carbons (Fsp3) is 0.750. The molecular weight excluding hydrogens is 152 g/mol. The first-order valence-corrected chi connectivity index (χ1v) is 4.37. The van der Waals surface area contributed by atoms with Gasteiger partial charge in [0.2, 0.25) is 0 Å². The van der Waals surface area contributed by atoms with Crippen LogP contribution < -0.4 is 5.73 Å². The minimum absolute atomic E-state index is 0.558. The average Bonchev–Trinajstić information content (AvgIpc) is 2.36. The van der Waals surface area contributed by atoms with Gasteiger partial charge < -0.3 is 10.3 Å². The van der Waals surface area contributed by atoms with Gasteiger partial charge in [-0.2, -0.15) is 0 Å². The summed E-state index contributed by atoms with van der Waals surface area (Å²) in [4.78, 5) is 0. The Morgan fingerprint density at radius 1 is 1.67 bits per heavy atom. The minimum atomic E-state index is 0.558. The van der Waals surface area contributed by atoms with Crippen molar-refractivity contribution < 1.29 is 0 Å². The summed E-state index contributed by atoms with van der Waals surface area (Å²) in [5.74, 6) is 2.28. The van der Waals surface area contributed by atoms with Gasteiger partial charge in [0.25, 0.3) is 0 Å². The molecule has 2 unspecified atom stereocenters. The number of hydrogen-bond acceptors (Lipinski definition) is 3. The maximum absolute atomic E-state index is 5.62. The maximum atomic E-state index is 5.62. The van der Waals surface area contributed by atoms with Crippen LogP contribution >= 0.6 is 0 Å². The molecule has 1 aromatic heterocycles. The zero-order valence-electron chi connectivity index (χ0n) is 7.27. The molecule has 0 radical (unpaired) electrons. The van der Waals surface area contributed by atoms with E-state index >= 15 is 0 Å². The molecule has 2 N–H and O–H groups in total. The fourth-order valence-electron chi connectivity index (χ4n) is 1.82. The van der Waals surface area contributed by atoms with E-state index in [4.69, 9.17) is 5.73 Å². The molecule has 1 aliphatic rings. The van der Waals surface area contributed by atoms with E-state index in [1.165, 1.54) is 12.8 Å². The molecule has 1 saturated carbocycles. The zero-order valence-corrected chi connectivity index (χ0v) is 7.27. The highest BCUT2D eigenvalue weighted by molar-refractivity contribution is 5.04. The molecule has 0 saturated heterocycles. The summed E-state index contributed by atoms with van der Waals surface area (Å²) in [5.41, 5.74) is 5.62. The highest BCUT2D eigenvalue weighted by Crippen LogP contribution is 2.40. The van der Waals surface area contributed by atoms with Gasteiger partial charge in [-0.15, -0.1) is 10.2 Å². The van der Waals surface area contributed by atoms with Gasteiger partial charge in [0, 0.05) is 13.0 Å². The van der Waals surface area contributed by atoms with Crippen LogP contribution in [0.15, 0.2) is 6.33 Å². The van der Waals surface area contributed by atoms with Gasteiger partial charge in [-0.25, -0.2) is 0 Å². The van der Waals surface area contributed by atoms with E-state index in [-0.39, 0.29) is 0 Å². The van der Waals surface area contributed by atoms with Crippen LogP contribution in [0.25, 0.3) is 0 Å². The quantitative estimate of drug-likeness (QED) is 0.686. The number of nitrogens with two attached hydrogens (primary N) is 1. The highest BCUT2D eigenvalue weighted by atomic mass is 15.2. The first-order valence-electron chi connectivity index (χ1n) is 4.37. The van der Waals surface area contributed by atoms with Crippen molar-refractivity contribution >= 4 is 0 Å². The second kappa shape index (κ2) is 2.86. The first-order chi connectivity index (χ1) is 5.83. The normalized spacial score (nSPS) is 28.5. The fourth-order valence-corrected chi connectivity index (χ4v) is 1.82. The summed E-state index contributed by atoms with van der Waals surface area (Å²) in [6.07, 6.45) is 4.21. The Bertz CT molecular complexity index is 266.